The van der Waals surface area contributed by atoms with E-state index in [1.54, 1.807) is 0 Å². The maximum Gasteiger partial charge on any atom is 0.251 e. The molecule has 134 valence electrons. The van der Waals surface area contributed by atoms with E-state index in [0.717, 1.165) is 30.4 Å². The van der Waals surface area contributed by atoms with Gasteiger partial charge >= 0.3 is 0 Å². The van der Waals surface area contributed by atoms with E-state index in [2.05, 4.69) is 10.3 Å². The molecule has 25 heavy (non-hydrogen) atoms. The molecule has 1 unspecified atom stereocenters. The molecule has 4 rings (SSSR count). The fourth-order valence-corrected chi connectivity index (χ4v) is 3.57. The van der Waals surface area contributed by atoms with Crippen LogP contribution < -0.4 is 5.32 Å². The Hall–Kier alpha value is -1.85. The van der Waals surface area contributed by atoms with Crippen LogP contribution in [-0.4, -0.2) is 41.9 Å². The van der Waals surface area contributed by atoms with Gasteiger partial charge in [0.25, 0.3) is 5.91 Å². The number of aliphatic hydroxyl groups is 1. The molecule has 1 aromatic carbocycles. The van der Waals surface area contributed by atoms with Crippen LogP contribution in [0, 0.1) is 5.92 Å². The van der Waals surface area contributed by atoms with Crippen LogP contribution in [0.5, 0.6) is 0 Å². The van der Waals surface area contributed by atoms with Gasteiger partial charge in [-0.25, -0.2) is 0 Å². The molecular formula is C20H26N2O3. The zero-order valence-corrected chi connectivity index (χ0v) is 14.5. The number of carbonyl (C=O) groups excluding carboxylic acids is 1. The number of aromatic nitrogens is 1. The van der Waals surface area contributed by atoms with Crippen molar-refractivity contribution in [3.05, 3.63) is 35.0 Å². The number of aryl methyl sites for hydroxylation is 2. The third kappa shape index (κ3) is 3.88. The van der Waals surface area contributed by atoms with Gasteiger partial charge in [0.15, 0.2) is 0 Å². The summed E-state index contributed by atoms with van der Waals surface area (Å²) in [5, 5.41) is 13.9. The fourth-order valence-electron chi connectivity index (χ4n) is 3.57. The van der Waals surface area contributed by atoms with Crippen LogP contribution in [0.15, 0.2) is 18.2 Å². The molecule has 5 nitrogen and oxygen atoms in total. The Morgan fingerprint density at radius 3 is 3.00 bits per heavy atom. The van der Waals surface area contributed by atoms with Crippen LogP contribution >= 0.6 is 0 Å². The summed E-state index contributed by atoms with van der Waals surface area (Å²) in [6, 6.07) is 5.80. The predicted octanol–water partition coefficient (Wildman–Crippen LogP) is 2.56. The monoisotopic (exact) mass is 342 g/mol. The van der Waals surface area contributed by atoms with Gasteiger partial charge < -0.3 is 20.1 Å². The van der Waals surface area contributed by atoms with Crippen molar-refractivity contribution in [2.24, 2.45) is 5.92 Å². The summed E-state index contributed by atoms with van der Waals surface area (Å²) in [6.45, 7) is 1.22. The van der Waals surface area contributed by atoms with E-state index in [4.69, 9.17) is 4.74 Å². The van der Waals surface area contributed by atoms with Crippen molar-refractivity contribution in [1.82, 2.24) is 10.3 Å². The van der Waals surface area contributed by atoms with Crippen molar-refractivity contribution in [1.29, 1.82) is 0 Å². The van der Waals surface area contributed by atoms with Crippen LogP contribution in [0.4, 0.5) is 0 Å². The molecule has 1 fully saturated rings. The number of aromatic amines is 1. The highest BCUT2D eigenvalue weighted by atomic mass is 16.5. The Bertz CT molecular complexity index is 764. The van der Waals surface area contributed by atoms with Gasteiger partial charge in [0, 0.05) is 35.3 Å². The molecule has 3 N–H and O–H groups in total. The molecular weight excluding hydrogens is 316 g/mol. The number of fused-ring (bicyclic) bond motifs is 3. The van der Waals surface area contributed by atoms with Gasteiger partial charge in [-0.15, -0.1) is 0 Å². The first-order valence-corrected chi connectivity index (χ1v) is 9.38. The van der Waals surface area contributed by atoms with E-state index in [0.29, 0.717) is 11.5 Å². The second kappa shape index (κ2) is 7.18. The van der Waals surface area contributed by atoms with Crippen molar-refractivity contribution in [2.45, 2.75) is 44.6 Å². The van der Waals surface area contributed by atoms with Gasteiger partial charge in [-0.2, -0.15) is 0 Å². The van der Waals surface area contributed by atoms with Crippen molar-refractivity contribution >= 4 is 16.8 Å². The van der Waals surface area contributed by atoms with Crippen LogP contribution in [0.25, 0.3) is 10.9 Å². The number of rotatable bonds is 7. The highest BCUT2D eigenvalue weighted by Gasteiger charge is 2.22. The summed E-state index contributed by atoms with van der Waals surface area (Å²) >= 11 is 0. The standard InChI is InChI=1S/C20H26N2O3/c23-15(12-25-11-13-5-6-13)10-21-20(24)14-7-8-19-17(9-14)16-3-1-2-4-18(16)22-19/h7-9,13,15,22-23H,1-6,10-12H2,(H,21,24). The van der Waals surface area contributed by atoms with E-state index in [9.17, 15) is 9.90 Å². The third-order valence-electron chi connectivity index (χ3n) is 5.22. The normalized spacial score (nSPS) is 18.1. The summed E-state index contributed by atoms with van der Waals surface area (Å²) in [6.07, 6.45) is 6.43. The average Bonchev–Trinajstić information content (AvgIpc) is 3.38. The second-order valence-electron chi connectivity index (χ2n) is 7.39. The van der Waals surface area contributed by atoms with Crippen LogP contribution in [0.1, 0.15) is 47.3 Å². The van der Waals surface area contributed by atoms with Gasteiger partial charge in [0.1, 0.15) is 0 Å². The van der Waals surface area contributed by atoms with Crippen molar-refractivity contribution in [2.75, 3.05) is 19.8 Å². The number of nitrogens with one attached hydrogen (secondary N) is 2. The Kier molecular flexibility index (Phi) is 4.77. The molecule has 1 atom stereocenters. The molecule has 5 heteroatoms. The first-order chi connectivity index (χ1) is 12.2. The molecule has 1 heterocycles. The molecule has 1 amide bonds. The first kappa shape index (κ1) is 16.6. The smallest absolute Gasteiger partial charge is 0.251 e. The highest BCUT2D eigenvalue weighted by Crippen LogP contribution is 2.30. The maximum atomic E-state index is 12.4. The number of amides is 1. The van der Waals surface area contributed by atoms with Crippen LogP contribution in [-0.2, 0) is 17.6 Å². The van der Waals surface area contributed by atoms with Gasteiger partial charge in [0.05, 0.1) is 12.7 Å². The number of hydrogen-bond acceptors (Lipinski definition) is 3. The molecule has 1 aromatic heterocycles. The summed E-state index contributed by atoms with van der Waals surface area (Å²) in [5.74, 6) is 0.537. The molecule has 2 aliphatic rings. The van der Waals surface area contributed by atoms with E-state index in [1.807, 2.05) is 18.2 Å². The molecule has 0 bridgehead atoms. The minimum absolute atomic E-state index is 0.145. The zero-order valence-electron chi connectivity index (χ0n) is 14.5. The third-order valence-corrected chi connectivity index (χ3v) is 5.22. The number of ether oxygens (including phenoxy) is 1. The van der Waals surface area contributed by atoms with E-state index in [-0.39, 0.29) is 19.1 Å². The van der Waals surface area contributed by atoms with Crippen molar-refractivity contribution in [3.63, 3.8) is 0 Å². The molecule has 2 aliphatic carbocycles. The first-order valence-electron chi connectivity index (χ1n) is 9.38. The molecule has 0 aliphatic heterocycles. The summed E-state index contributed by atoms with van der Waals surface area (Å²) in [5.41, 5.74) is 4.44. The second-order valence-corrected chi connectivity index (χ2v) is 7.39. The Balaban J connectivity index is 1.36. The molecule has 1 saturated carbocycles. The average molecular weight is 342 g/mol. The van der Waals surface area contributed by atoms with Gasteiger partial charge in [-0.3, -0.25) is 4.79 Å². The van der Waals surface area contributed by atoms with Gasteiger partial charge in [0.2, 0.25) is 0 Å². The number of carbonyl (C=O) groups is 1. The maximum absolute atomic E-state index is 12.4. The number of benzene rings is 1. The van der Waals surface area contributed by atoms with Crippen molar-refractivity contribution < 1.29 is 14.6 Å². The fraction of sp³-hybridized carbons (Fsp3) is 0.550. The summed E-state index contributed by atoms with van der Waals surface area (Å²) in [7, 11) is 0. The van der Waals surface area contributed by atoms with Crippen LogP contribution in [0.3, 0.4) is 0 Å². The quantitative estimate of drug-likeness (QED) is 0.724. The van der Waals surface area contributed by atoms with E-state index < -0.39 is 6.10 Å². The lowest BCUT2D eigenvalue weighted by Crippen LogP contribution is -2.34. The summed E-state index contributed by atoms with van der Waals surface area (Å²) in [4.78, 5) is 15.9. The van der Waals surface area contributed by atoms with E-state index >= 15 is 0 Å². The minimum Gasteiger partial charge on any atom is -0.389 e. The minimum atomic E-state index is -0.661. The largest absolute Gasteiger partial charge is 0.389 e. The number of H-pyrrole nitrogens is 1. The molecule has 2 aromatic rings. The predicted molar refractivity (Wildman–Crippen MR) is 96.8 cm³/mol. The number of aliphatic hydroxyl groups excluding tert-OH is 1. The SMILES string of the molecule is O=C(NCC(O)COCC1CC1)c1ccc2[nH]c3c(c2c1)CCCC3. The lowest BCUT2D eigenvalue weighted by atomic mass is 9.95. The van der Waals surface area contributed by atoms with Crippen molar-refractivity contribution in [3.8, 4) is 0 Å². The van der Waals surface area contributed by atoms with Gasteiger partial charge in [-0.1, -0.05) is 0 Å². The van der Waals surface area contributed by atoms with Gasteiger partial charge in [-0.05, 0) is 68.2 Å². The lowest BCUT2D eigenvalue weighted by molar-refractivity contribution is 0.0321. The van der Waals surface area contributed by atoms with E-state index in [1.165, 1.54) is 36.9 Å². The zero-order chi connectivity index (χ0) is 17.2. The molecule has 0 spiro atoms. The highest BCUT2D eigenvalue weighted by molar-refractivity contribution is 5.99. The lowest BCUT2D eigenvalue weighted by Gasteiger charge is -2.13. The summed E-state index contributed by atoms with van der Waals surface area (Å²) < 4.78 is 5.46. The topological polar surface area (TPSA) is 74.3 Å². The Morgan fingerprint density at radius 2 is 2.16 bits per heavy atom. The number of hydrogen-bond donors (Lipinski definition) is 3. The van der Waals surface area contributed by atoms with Crippen LogP contribution in [0.2, 0.25) is 0 Å². The Labute approximate surface area is 147 Å². The molecule has 0 saturated heterocycles. The molecule has 0 radical (unpaired) electrons. The Morgan fingerprint density at radius 1 is 1.32 bits per heavy atom.